The summed E-state index contributed by atoms with van der Waals surface area (Å²) in [4.78, 5) is 12.2. The van der Waals surface area contributed by atoms with E-state index in [-0.39, 0.29) is 11.0 Å². The van der Waals surface area contributed by atoms with Crippen molar-refractivity contribution in [3.63, 3.8) is 0 Å². The Balaban J connectivity index is 1.87. The Morgan fingerprint density at radius 1 is 1.61 bits per heavy atom. The normalized spacial score (nSPS) is 20.9. The van der Waals surface area contributed by atoms with Crippen LogP contribution in [0.3, 0.4) is 0 Å². The van der Waals surface area contributed by atoms with Crippen molar-refractivity contribution >= 4 is 29.1 Å². The minimum Gasteiger partial charge on any atom is -0.377 e. The first-order chi connectivity index (χ1) is 8.66. The number of hydrogen-bond acceptors (Lipinski definition) is 3. The molecule has 0 radical (unpaired) electrons. The monoisotopic (exact) mass is 284 g/mol. The Hall–Kier alpha value is -0.510. The molecule has 1 aromatic carbocycles. The van der Waals surface area contributed by atoms with Gasteiger partial charge < -0.3 is 4.74 Å². The highest BCUT2D eigenvalue weighted by atomic mass is 35.5. The summed E-state index contributed by atoms with van der Waals surface area (Å²) in [5.74, 6) is 1.04. The maximum Gasteiger partial charge on any atom is 0.175 e. The Labute approximate surface area is 117 Å². The van der Waals surface area contributed by atoms with Gasteiger partial charge in [0.15, 0.2) is 5.78 Å². The first-order valence-corrected chi connectivity index (χ1v) is 7.62. The molecule has 2 unspecified atom stereocenters. The second-order valence-electron chi connectivity index (χ2n) is 4.49. The van der Waals surface area contributed by atoms with Crippen LogP contribution in [0, 0.1) is 0 Å². The lowest BCUT2D eigenvalue weighted by Gasteiger charge is -2.13. The van der Waals surface area contributed by atoms with Gasteiger partial charge in [0.2, 0.25) is 0 Å². The van der Waals surface area contributed by atoms with E-state index in [1.807, 2.05) is 19.1 Å². The highest BCUT2D eigenvalue weighted by molar-refractivity contribution is 8.00. The minimum absolute atomic E-state index is 0.0485. The number of Topliss-reactive ketones (excluding diaryl/α,β-unsaturated/α-hetero) is 1. The van der Waals surface area contributed by atoms with Crippen molar-refractivity contribution in [3.8, 4) is 0 Å². The Kier molecular flexibility index (Phi) is 5.10. The maximum atomic E-state index is 12.2. The fourth-order valence-corrected chi connectivity index (χ4v) is 3.22. The van der Waals surface area contributed by atoms with E-state index in [0.29, 0.717) is 16.7 Å². The van der Waals surface area contributed by atoms with Crippen molar-refractivity contribution in [2.24, 2.45) is 0 Å². The number of ketones is 1. The van der Waals surface area contributed by atoms with Crippen LogP contribution in [0.2, 0.25) is 5.02 Å². The molecule has 0 N–H and O–H groups in total. The lowest BCUT2D eigenvalue weighted by atomic mass is 10.1. The number of halogens is 1. The minimum atomic E-state index is -0.0485. The van der Waals surface area contributed by atoms with Gasteiger partial charge in [-0.15, -0.1) is 11.8 Å². The van der Waals surface area contributed by atoms with Crippen LogP contribution in [0.4, 0.5) is 0 Å². The molecule has 1 fully saturated rings. The molecular weight excluding hydrogens is 268 g/mol. The van der Waals surface area contributed by atoms with Gasteiger partial charge in [-0.3, -0.25) is 4.79 Å². The van der Waals surface area contributed by atoms with Crippen molar-refractivity contribution in [1.82, 2.24) is 0 Å². The number of benzene rings is 1. The zero-order valence-electron chi connectivity index (χ0n) is 10.4. The van der Waals surface area contributed by atoms with Crippen molar-refractivity contribution in [2.75, 3.05) is 12.4 Å². The first-order valence-electron chi connectivity index (χ1n) is 6.20. The third-order valence-electron chi connectivity index (χ3n) is 3.03. The summed E-state index contributed by atoms with van der Waals surface area (Å²) in [6.07, 6.45) is 2.58. The van der Waals surface area contributed by atoms with E-state index in [1.165, 1.54) is 0 Å². The Morgan fingerprint density at radius 3 is 3.11 bits per heavy atom. The summed E-state index contributed by atoms with van der Waals surface area (Å²) >= 11 is 7.56. The van der Waals surface area contributed by atoms with E-state index in [1.54, 1.807) is 23.9 Å². The second kappa shape index (κ2) is 6.60. The average Bonchev–Trinajstić information content (AvgIpc) is 2.88. The quantitative estimate of drug-likeness (QED) is 0.769. The highest BCUT2D eigenvalue weighted by Gasteiger charge is 2.20. The number of rotatable bonds is 5. The summed E-state index contributed by atoms with van der Waals surface area (Å²) < 4.78 is 5.55. The van der Waals surface area contributed by atoms with Crippen LogP contribution in [0.25, 0.3) is 0 Å². The van der Waals surface area contributed by atoms with Gasteiger partial charge in [-0.25, -0.2) is 0 Å². The predicted octanol–water partition coefficient (Wildman–Crippen LogP) is 3.82. The number of ether oxygens (including phenoxy) is 1. The van der Waals surface area contributed by atoms with Crippen LogP contribution in [0.1, 0.15) is 30.1 Å². The molecule has 0 saturated carbocycles. The van der Waals surface area contributed by atoms with Gasteiger partial charge in [0.05, 0.1) is 11.4 Å². The van der Waals surface area contributed by atoms with E-state index >= 15 is 0 Å². The smallest absolute Gasteiger partial charge is 0.175 e. The summed E-state index contributed by atoms with van der Waals surface area (Å²) in [6.45, 7) is 2.81. The molecule has 0 aliphatic carbocycles. The average molecular weight is 285 g/mol. The highest BCUT2D eigenvalue weighted by Crippen LogP contribution is 2.23. The molecule has 0 spiro atoms. The van der Waals surface area contributed by atoms with Crippen molar-refractivity contribution in [3.05, 3.63) is 34.9 Å². The molecule has 2 atom stereocenters. The van der Waals surface area contributed by atoms with Crippen LogP contribution in [0.15, 0.2) is 24.3 Å². The molecule has 2 rings (SSSR count). The van der Waals surface area contributed by atoms with E-state index in [2.05, 4.69) is 0 Å². The SMILES string of the molecule is CC(SCC1CCCO1)C(=O)c1cccc(Cl)c1. The zero-order chi connectivity index (χ0) is 13.0. The van der Waals surface area contributed by atoms with Gasteiger partial charge in [0.1, 0.15) is 0 Å². The lowest BCUT2D eigenvalue weighted by Crippen LogP contribution is -2.18. The fraction of sp³-hybridized carbons (Fsp3) is 0.500. The third kappa shape index (κ3) is 3.74. The zero-order valence-corrected chi connectivity index (χ0v) is 12.0. The van der Waals surface area contributed by atoms with Crippen molar-refractivity contribution < 1.29 is 9.53 Å². The molecular formula is C14H17ClO2S. The molecule has 0 amide bonds. The Bertz CT molecular complexity index is 416. The maximum absolute atomic E-state index is 12.2. The van der Waals surface area contributed by atoms with Crippen LogP contribution in [-0.2, 0) is 4.74 Å². The van der Waals surface area contributed by atoms with Crippen LogP contribution in [-0.4, -0.2) is 29.5 Å². The molecule has 18 heavy (non-hydrogen) atoms. The molecule has 1 aliphatic heterocycles. The summed E-state index contributed by atoms with van der Waals surface area (Å²) in [5.41, 5.74) is 0.690. The molecule has 2 nitrogen and oxygen atoms in total. The number of carbonyl (C=O) groups excluding carboxylic acids is 1. The van der Waals surface area contributed by atoms with E-state index in [4.69, 9.17) is 16.3 Å². The van der Waals surface area contributed by atoms with E-state index in [9.17, 15) is 4.79 Å². The summed E-state index contributed by atoms with van der Waals surface area (Å²) in [7, 11) is 0. The molecule has 1 heterocycles. The lowest BCUT2D eigenvalue weighted by molar-refractivity contribution is 0.0993. The van der Waals surface area contributed by atoms with Crippen molar-refractivity contribution in [1.29, 1.82) is 0 Å². The standard InChI is InChI=1S/C14H17ClO2S/c1-10(18-9-13-6-3-7-17-13)14(16)11-4-2-5-12(15)8-11/h2,4-5,8,10,13H,3,6-7,9H2,1H3. The van der Waals surface area contributed by atoms with Crippen molar-refractivity contribution in [2.45, 2.75) is 31.1 Å². The number of thioether (sulfide) groups is 1. The summed E-state index contributed by atoms with van der Waals surface area (Å²) in [5, 5.41) is 0.560. The number of hydrogen-bond donors (Lipinski definition) is 0. The van der Waals surface area contributed by atoms with Crippen LogP contribution >= 0.6 is 23.4 Å². The molecule has 1 aliphatic rings. The van der Waals surface area contributed by atoms with Gasteiger partial charge in [-0.2, -0.15) is 0 Å². The molecule has 0 bridgehead atoms. The van der Waals surface area contributed by atoms with Gasteiger partial charge in [-0.05, 0) is 31.9 Å². The largest absolute Gasteiger partial charge is 0.377 e. The molecule has 0 aromatic heterocycles. The van der Waals surface area contributed by atoms with Gasteiger partial charge in [0, 0.05) is 22.9 Å². The molecule has 1 saturated heterocycles. The molecule has 4 heteroatoms. The second-order valence-corrected chi connectivity index (χ2v) is 6.30. The topological polar surface area (TPSA) is 26.3 Å². The summed E-state index contributed by atoms with van der Waals surface area (Å²) in [6, 6.07) is 7.14. The third-order valence-corrected chi connectivity index (χ3v) is 4.55. The fourth-order valence-electron chi connectivity index (χ4n) is 1.98. The van der Waals surface area contributed by atoms with Crippen LogP contribution < -0.4 is 0 Å². The van der Waals surface area contributed by atoms with Gasteiger partial charge in [-0.1, -0.05) is 23.7 Å². The first kappa shape index (κ1) is 13.9. The van der Waals surface area contributed by atoms with Gasteiger partial charge >= 0.3 is 0 Å². The number of carbonyl (C=O) groups is 1. The molecule has 98 valence electrons. The Morgan fingerprint density at radius 2 is 2.44 bits per heavy atom. The molecule has 1 aromatic rings. The van der Waals surface area contributed by atoms with Crippen LogP contribution in [0.5, 0.6) is 0 Å². The van der Waals surface area contributed by atoms with E-state index in [0.717, 1.165) is 25.2 Å². The predicted molar refractivity (Wildman–Crippen MR) is 76.7 cm³/mol. The van der Waals surface area contributed by atoms with Gasteiger partial charge in [0.25, 0.3) is 0 Å². The van der Waals surface area contributed by atoms with E-state index < -0.39 is 0 Å².